The lowest BCUT2D eigenvalue weighted by atomic mass is 9.86. The van der Waals surface area contributed by atoms with Crippen LogP contribution >= 0.6 is 0 Å². The average Bonchev–Trinajstić information content (AvgIpc) is 3.65. The summed E-state index contributed by atoms with van der Waals surface area (Å²) in [6.07, 6.45) is -1.29. The molecular formula is C41H49N3O10. The highest BCUT2D eigenvalue weighted by atomic mass is 16.6. The first-order chi connectivity index (χ1) is 25.2. The number of ether oxygens (including phenoxy) is 3. The first-order valence-corrected chi connectivity index (χ1v) is 18.1. The van der Waals surface area contributed by atoms with Gasteiger partial charge in [-0.25, -0.2) is 24.2 Å². The minimum atomic E-state index is -1.76. The second-order valence-electron chi connectivity index (χ2n) is 16.5. The van der Waals surface area contributed by atoms with Crippen LogP contribution in [0.25, 0.3) is 22.0 Å². The van der Waals surface area contributed by atoms with Crippen molar-refractivity contribution in [3.63, 3.8) is 0 Å². The summed E-state index contributed by atoms with van der Waals surface area (Å²) < 4.78 is 16.3. The summed E-state index contributed by atoms with van der Waals surface area (Å²) in [6.45, 7) is 14.2. The third kappa shape index (κ3) is 9.06. The van der Waals surface area contributed by atoms with Gasteiger partial charge in [0, 0.05) is 30.5 Å². The lowest BCUT2D eigenvalue weighted by Crippen LogP contribution is -2.55. The molecule has 0 aliphatic carbocycles. The molecule has 2 aliphatic heterocycles. The third-order valence-corrected chi connectivity index (χ3v) is 9.43. The number of hydrogen-bond donors (Lipinski definition) is 1. The molecular weight excluding hydrogens is 694 g/mol. The Labute approximate surface area is 314 Å². The number of carbonyl (C=O) groups excluding carboxylic acids is 5. The van der Waals surface area contributed by atoms with E-state index in [1.54, 1.807) is 84.0 Å². The van der Waals surface area contributed by atoms with Gasteiger partial charge in [-0.05, 0) is 95.5 Å². The smallest absolute Gasteiger partial charge is 0.411 e. The van der Waals surface area contributed by atoms with Crippen molar-refractivity contribution in [3.8, 4) is 11.1 Å². The second kappa shape index (κ2) is 15.2. The van der Waals surface area contributed by atoms with E-state index in [-0.39, 0.29) is 30.5 Å². The Hall–Kier alpha value is -5.33. The summed E-state index contributed by atoms with van der Waals surface area (Å²) in [7, 11) is 0. The summed E-state index contributed by atoms with van der Waals surface area (Å²) in [5.74, 6) is -2.90. The largest absolute Gasteiger partial charge is 0.479 e. The molecule has 0 bridgehead atoms. The molecule has 2 fully saturated rings. The van der Waals surface area contributed by atoms with Crippen LogP contribution in [-0.4, -0.2) is 98.1 Å². The minimum Gasteiger partial charge on any atom is -0.479 e. The van der Waals surface area contributed by atoms with Crippen LogP contribution in [0, 0.1) is 11.8 Å². The number of aromatic nitrogens is 1. The summed E-state index contributed by atoms with van der Waals surface area (Å²) in [4.78, 5) is 84.9. The Morgan fingerprint density at radius 2 is 1.43 bits per heavy atom. The van der Waals surface area contributed by atoms with Crippen molar-refractivity contribution >= 4 is 46.6 Å². The number of nitrogens with zero attached hydrogens (tertiary/aromatic N) is 3. The Bertz CT molecular complexity index is 1960. The predicted molar refractivity (Wildman–Crippen MR) is 199 cm³/mol. The number of pyridine rings is 1. The first-order valence-electron chi connectivity index (χ1n) is 18.1. The number of carboxylic acid groups (broad SMARTS) is 1. The number of likely N-dealkylation sites (tertiary alicyclic amines) is 2. The average molecular weight is 744 g/mol. The highest BCUT2D eigenvalue weighted by Gasteiger charge is 2.55. The molecule has 3 heterocycles. The Kier molecular flexibility index (Phi) is 11.2. The van der Waals surface area contributed by atoms with Crippen LogP contribution in [0.3, 0.4) is 0 Å². The Balaban J connectivity index is 1.24. The molecule has 2 unspecified atom stereocenters. The molecule has 1 N–H and O–H groups in total. The van der Waals surface area contributed by atoms with E-state index in [2.05, 4.69) is 4.98 Å². The Morgan fingerprint density at radius 1 is 0.796 bits per heavy atom. The molecule has 13 heteroatoms. The van der Waals surface area contributed by atoms with Crippen molar-refractivity contribution in [3.05, 3.63) is 65.9 Å². The van der Waals surface area contributed by atoms with E-state index < -0.39 is 71.5 Å². The third-order valence-electron chi connectivity index (χ3n) is 9.43. The van der Waals surface area contributed by atoms with E-state index in [1.165, 1.54) is 9.80 Å². The topological polar surface area (TPSA) is 170 Å². The van der Waals surface area contributed by atoms with Gasteiger partial charge >= 0.3 is 24.1 Å². The zero-order valence-electron chi connectivity index (χ0n) is 32.1. The van der Waals surface area contributed by atoms with Crippen LogP contribution in [0.1, 0.15) is 95.5 Å². The van der Waals surface area contributed by atoms with Crippen molar-refractivity contribution in [1.82, 2.24) is 14.8 Å². The van der Waals surface area contributed by atoms with E-state index in [0.29, 0.717) is 24.0 Å². The fourth-order valence-electron chi connectivity index (χ4n) is 7.02. The van der Waals surface area contributed by atoms with Crippen molar-refractivity contribution < 1.29 is 48.1 Å². The summed E-state index contributed by atoms with van der Waals surface area (Å²) in [5, 5.41) is 11.1. The molecule has 2 saturated heterocycles. The molecule has 0 saturated carbocycles. The zero-order valence-corrected chi connectivity index (χ0v) is 32.1. The molecule has 3 aromatic rings. The number of hydrogen-bond acceptors (Lipinski definition) is 10. The quantitative estimate of drug-likeness (QED) is 0.137. The molecule has 54 heavy (non-hydrogen) atoms. The van der Waals surface area contributed by atoms with Gasteiger partial charge in [-0.3, -0.25) is 19.4 Å². The van der Waals surface area contributed by atoms with Gasteiger partial charge in [0.25, 0.3) is 0 Å². The maximum absolute atomic E-state index is 13.6. The predicted octanol–water partition coefficient (Wildman–Crippen LogP) is 6.95. The van der Waals surface area contributed by atoms with Crippen LogP contribution in [0.15, 0.2) is 54.6 Å². The number of aliphatic carboxylic acids is 1. The number of esters is 1. The van der Waals surface area contributed by atoms with Crippen LogP contribution < -0.4 is 0 Å². The van der Waals surface area contributed by atoms with Crippen molar-refractivity contribution in [2.24, 2.45) is 11.8 Å². The van der Waals surface area contributed by atoms with Crippen LogP contribution in [-0.2, 0) is 23.8 Å². The monoisotopic (exact) mass is 743 g/mol. The maximum atomic E-state index is 13.6. The summed E-state index contributed by atoms with van der Waals surface area (Å²) in [5.41, 5.74) is -0.727. The number of ketones is 2. The van der Waals surface area contributed by atoms with Gasteiger partial charge in [0.2, 0.25) is 0 Å². The van der Waals surface area contributed by atoms with Crippen LogP contribution in [0.4, 0.5) is 9.59 Å². The fraction of sp³-hybridized carbons (Fsp3) is 0.488. The molecule has 13 nitrogen and oxygen atoms in total. The molecule has 2 aliphatic rings. The number of Topliss-reactive ketones (excluding diaryl/α,β-unsaturated/α-hetero) is 2. The number of benzene rings is 2. The van der Waals surface area contributed by atoms with E-state index >= 15 is 0 Å². The van der Waals surface area contributed by atoms with E-state index in [1.807, 2.05) is 26.0 Å². The van der Waals surface area contributed by atoms with Crippen LogP contribution in [0.5, 0.6) is 0 Å². The van der Waals surface area contributed by atoms with Gasteiger partial charge in [0.05, 0.1) is 5.52 Å². The van der Waals surface area contributed by atoms with Gasteiger partial charge in [0.1, 0.15) is 22.9 Å². The maximum Gasteiger partial charge on any atom is 0.411 e. The van der Waals surface area contributed by atoms with Gasteiger partial charge < -0.3 is 19.3 Å². The molecule has 2 aromatic carbocycles. The van der Waals surface area contributed by atoms with E-state index in [9.17, 15) is 33.9 Å². The molecule has 1 aromatic heterocycles. The fourth-order valence-corrected chi connectivity index (χ4v) is 7.02. The van der Waals surface area contributed by atoms with Gasteiger partial charge in [-0.2, -0.15) is 0 Å². The normalized spacial score (nSPS) is 21.5. The van der Waals surface area contributed by atoms with E-state index in [4.69, 9.17) is 14.2 Å². The highest BCUT2D eigenvalue weighted by molar-refractivity contribution is 6.02. The number of carboxylic acids is 1. The molecule has 288 valence electrons. The van der Waals surface area contributed by atoms with E-state index in [0.717, 1.165) is 16.5 Å². The lowest BCUT2D eigenvalue weighted by molar-refractivity contribution is -0.149. The number of fused-ring (bicyclic) bond motifs is 1. The molecule has 2 amide bonds. The van der Waals surface area contributed by atoms with Gasteiger partial charge in [-0.15, -0.1) is 0 Å². The molecule has 5 rings (SSSR count). The van der Waals surface area contributed by atoms with Crippen LogP contribution in [0.2, 0.25) is 0 Å². The summed E-state index contributed by atoms with van der Waals surface area (Å²) >= 11 is 0. The molecule has 4 atom stereocenters. The number of carbonyl (C=O) groups is 6. The Morgan fingerprint density at radius 3 is 2.06 bits per heavy atom. The standard InChI is InChI=1S/C41H49N3O10/c1-24-17-32(43(21-24)37(50)53-39(3,4)5)35(47)52-23-34(46)27-11-9-26(10-12-27)28-13-15-30-29(18-28)14-16-31(42-30)33(45)20-41(36(48)49)19-25(2)22-44(41)38(51)54-40(6,7)8/h9-16,18,24-25,32H,17,19-23H2,1-8H3,(H,48,49)/t24-,25?,32-,41?/m0/s1. The molecule has 0 spiro atoms. The number of rotatable bonds is 9. The lowest BCUT2D eigenvalue weighted by Gasteiger charge is -2.35. The number of amides is 2. The van der Waals surface area contributed by atoms with Gasteiger partial charge in [0.15, 0.2) is 23.7 Å². The summed E-state index contributed by atoms with van der Waals surface area (Å²) in [6, 6.07) is 14.7. The van der Waals surface area contributed by atoms with Crippen molar-refractivity contribution in [2.75, 3.05) is 19.7 Å². The zero-order chi connectivity index (χ0) is 39.7. The SMILES string of the molecule is CC1CN(C(=O)OC(C)(C)C)C(CC(=O)c2ccc3cc(-c4ccc(C(=O)COC(=O)[C@@H]5C[C@H](C)CN5C(=O)OC(C)(C)C)cc4)ccc3n2)(C(=O)O)C1. The van der Waals surface area contributed by atoms with Crippen molar-refractivity contribution in [1.29, 1.82) is 0 Å². The van der Waals surface area contributed by atoms with Crippen molar-refractivity contribution in [2.45, 2.75) is 97.4 Å². The highest BCUT2D eigenvalue weighted by Crippen LogP contribution is 2.38. The first kappa shape index (κ1) is 39.9. The second-order valence-corrected chi connectivity index (χ2v) is 16.5. The minimum absolute atomic E-state index is 0.0735. The van der Waals surface area contributed by atoms with Gasteiger partial charge in [-0.1, -0.05) is 50.2 Å². The molecule has 0 radical (unpaired) electrons.